The number of aliphatic hydroxyl groups is 1. The summed E-state index contributed by atoms with van der Waals surface area (Å²) < 4.78 is 21.0. The van der Waals surface area contributed by atoms with Crippen molar-refractivity contribution in [3.63, 3.8) is 0 Å². The quantitative estimate of drug-likeness (QED) is 0.472. The molecule has 92 valence electrons. The van der Waals surface area contributed by atoms with Crippen LogP contribution in [-0.2, 0) is 18.0 Å². The van der Waals surface area contributed by atoms with E-state index in [1.165, 1.54) is 0 Å². The molecule has 0 aliphatic carbocycles. The zero-order chi connectivity index (χ0) is 11.7. The van der Waals surface area contributed by atoms with E-state index in [1.54, 1.807) is 28.3 Å². The second-order valence-corrected chi connectivity index (χ2v) is 6.41. The van der Waals surface area contributed by atoms with Gasteiger partial charge in [0.15, 0.2) is 0 Å². The Morgan fingerprint density at radius 1 is 1.13 bits per heavy atom. The Morgan fingerprint density at radius 3 is 2.07 bits per heavy atom. The molecule has 0 saturated heterocycles. The Morgan fingerprint density at radius 2 is 1.67 bits per heavy atom. The van der Waals surface area contributed by atoms with Gasteiger partial charge in [0.2, 0.25) is 0 Å². The molecule has 0 saturated carbocycles. The van der Waals surface area contributed by atoms with Crippen molar-refractivity contribution in [2.45, 2.75) is 25.5 Å². The maximum atomic E-state index is 8.96. The second-order valence-electron chi connectivity index (χ2n) is 3.32. The fraction of sp³-hybridized carbons (Fsp3) is 1.00. The first-order chi connectivity index (χ1) is 7.10. The molecule has 1 unspecified atom stereocenters. The van der Waals surface area contributed by atoms with Crippen LogP contribution in [0.25, 0.3) is 0 Å². The highest BCUT2D eigenvalue weighted by molar-refractivity contribution is 6.60. The van der Waals surface area contributed by atoms with Gasteiger partial charge in [0, 0.05) is 34.0 Å². The Labute approximate surface area is 92.7 Å². The molecule has 0 aromatic heterocycles. The number of ether oxygens (including phenoxy) is 1. The Kier molecular flexibility index (Phi) is 8.21. The zero-order valence-electron chi connectivity index (χ0n) is 9.99. The predicted octanol–water partition coefficient (Wildman–Crippen LogP) is 0.652. The molecule has 0 rings (SSSR count). The summed E-state index contributed by atoms with van der Waals surface area (Å²) in [5.41, 5.74) is 0. The fourth-order valence-corrected chi connectivity index (χ4v) is 2.89. The number of aliphatic hydroxyl groups excluding tert-OH is 1. The largest absolute Gasteiger partial charge is 0.500 e. The normalized spacial score (nSPS) is 14.2. The smallest absolute Gasteiger partial charge is 0.391 e. The van der Waals surface area contributed by atoms with Crippen LogP contribution in [0.4, 0.5) is 0 Å². The monoisotopic (exact) mass is 238 g/mol. The van der Waals surface area contributed by atoms with Gasteiger partial charge in [0.1, 0.15) is 0 Å². The summed E-state index contributed by atoms with van der Waals surface area (Å²) >= 11 is 0. The van der Waals surface area contributed by atoms with Crippen LogP contribution < -0.4 is 0 Å². The summed E-state index contributed by atoms with van der Waals surface area (Å²) in [4.78, 5) is 0. The summed E-state index contributed by atoms with van der Waals surface area (Å²) in [5.74, 6) is 0. The third kappa shape index (κ3) is 6.24. The van der Waals surface area contributed by atoms with Gasteiger partial charge in [-0.05, 0) is 13.3 Å². The predicted molar refractivity (Wildman–Crippen MR) is 58.7 cm³/mol. The number of hydrogen-bond donors (Lipinski definition) is 1. The van der Waals surface area contributed by atoms with Crippen molar-refractivity contribution in [2.24, 2.45) is 0 Å². The van der Waals surface area contributed by atoms with E-state index in [2.05, 4.69) is 0 Å². The van der Waals surface area contributed by atoms with Crippen molar-refractivity contribution in [3.8, 4) is 0 Å². The van der Waals surface area contributed by atoms with Crippen LogP contribution in [0, 0.1) is 0 Å². The topological polar surface area (TPSA) is 57.2 Å². The molecule has 15 heavy (non-hydrogen) atoms. The van der Waals surface area contributed by atoms with Crippen LogP contribution in [0.15, 0.2) is 0 Å². The van der Waals surface area contributed by atoms with Crippen LogP contribution in [0.1, 0.15) is 13.3 Å². The molecule has 1 N–H and O–H groups in total. The minimum atomic E-state index is -2.44. The van der Waals surface area contributed by atoms with Crippen molar-refractivity contribution in [1.29, 1.82) is 0 Å². The molecule has 0 amide bonds. The van der Waals surface area contributed by atoms with Gasteiger partial charge >= 0.3 is 8.80 Å². The minimum Gasteiger partial charge on any atom is -0.391 e. The van der Waals surface area contributed by atoms with Crippen LogP contribution in [0.3, 0.4) is 0 Å². The van der Waals surface area contributed by atoms with Gasteiger partial charge in [-0.1, -0.05) is 0 Å². The molecule has 0 fully saturated rings. The third-order valence-electron chi connectivity index (χ3n) is 2.06. The number of rotatable bonds is 9. The zero-order valence-corrected chi connectivity index (χ0v) is 11.0. The highest BCUT2D eigenvalue weighted by Crippen LogP contribution is 2.14. The lowest BCUT2D eigenvalue weighted by Gasteiger charge is -2.24. The van der Waals surface area contributed by atoms with Crippen LogP contribution in [-0.4, -0.2) is 54.6 Å². The van der Waals surface area contributed by atoms with Crippen molar-refractivity contribution >= 4 is 8.80 Å². The molecule has 0 aliphatic heterocycles. The van der Waals surface area contributed by atoms with E-state index < -0.39 is 14.9 Å². The molecule has 1 atom stereocenters. The maximum absolute atomic E-state index is 8.96. The molecule has 5 nitrogen and oxygen atoms in total. The van der Waals surface area contributed by atoms with E-state index in [-0.39, 0.29) is 0 Å². The van der Waals surface area contributed by atoms with E-state index in [4.69, 9.17) is 23.1 Å². The molecule has 6 heteroatoms. The van der Waals surface area contributed by atoms with E-state index in [9.17, 15) is 0 Å². The minimum absolute atomic E-state index is 0.363. The van der Waals surface area contributed by atoms with Gasteiger partial charge in [-0.2, -0.15) is 0 Å². The average molecular weight is 238 g/mol. The Bertz CT molecular complexity index is 141. The van der Waals surface area contributed by atoms with E-state index >= 15 is 0 Å². The first-order valence-corrected chi connectivity index (χ1v) is 6.94. The fourth-order valence-electron chi connectivity index (χ4n) is 1.20. The van der Waals surface area contributed by atoms with Crippen LogP contribution in [0.5, 0.6) is 0 Å². The molecule has 0 bridgehead atoms. The summed E-state index contributed by atoms with van der Waals surface area (Å²) in [7, 11) is 2.34. The van der Waals surface area contributed by atoms with Gasteiger partial charge in [-0.15, -0.1) is 0 Å². The van der Waals surface area contributed by atoms with Crippen molar-refractivity contribution < 1.29 is 23.1 Å². The SMILES string of the molecule is CO[Si](CCCOCC(C)O)(OC)OC. The molecule has 0 spiro atoms. The lowest BCUT2D eigenvalue weighted by Crippen LogP contribution is -2.42. The van der Waals surface area contributed by atoms with Crippen molar-refractivity contribution in [1.82, 2.24) is 0 Å². The third-order valence-corrected chi connectivity index (χ3v) is 4.90. The van der Waals surface area contributed by atoms with Gasteiger partial charge in [0.25, 0.3) is 0 Å². The first-order valence-electron chi connectivity index (χ1n) is 5.01. The lowest BCUT2D eigenvalue weighted by atomic mass is 10.4. The van der Waals surface area contributed by atoms with Gasteiger partial charge < -0.3 is 23.1 Å². The molecular weight excluding hydrogens is 216 g/mol. The highest BCUT2D eigenvalue weighted by atomic mass is 28.4. The summed E-state index contributed by atoms with van der Waals surface area (Å²) in [6, 6.07) is 0.719. The molecule has 0 heterocycles. The second kappa shape index (κ2) is 8.20. The van der Waals surface area contributed by atoms with Crippen LogP contribution >= 0.6 is 0 Å². The van der Waals surface area contributed by atoms with Gasteiger partial charge in [0.05, 0.1) is 12.7 Å². The van der Waals surface area contributed by atoms with Crippen molar-refractivity contribution in [3.05, 3.63) is 0 Å². The van der Waals surface area contributed by atoms with Gasteiger partial charge in [-0.25, -0.2) is 0 Å². The van der Waals surface area contributed by atoms with Gasteiger partial charge in [-0.3, -0.25) is 0 Å². The standard InChI is InChI=1S/C9H22O5Si/c1-9(10)8-14-6-5-7-15(11-2,12-3)13-4/h9-10H,5-8H2,1-4H3. The number of hydrogen-bond acceptors (Lipinski definition) is 5. The maximum Gasteiger partial charge on any atom is 0.500 e. The summed E-state index contributed by atoms with van der Waals surface area (Å²) in [5, 5.41) is 8.96. The Balaban J connectivity index is 3.63. The Hall–Kier alpha value is 0.0169. The molecule has 0 radical (unpaired) electrons. The molecular formula is C9H22O5Si. The summed E-state index contributed by atoms with van der Waals surface area (Å²) in [6.45, 7) is 2.63. The van der Waals surface area contributed by atoms with E-state index in [0.29, 0.717) is 13.2 Å². The van der Waals surface area contributed by atoms with Crippen molar-refractivity contribution in [2.75, 3.05) is 34.5 Å². The average Bonchev–Trinajstić information content (AvgIpc) is 2.24. The van der Waals surface area contributed by atoms with E-state index in [0.717, 1.165) is 12.5 Å². The summed E-state index contributed by atoms with van der Waals surface area (Å²) in [6.07, 6.45) is 0.383. The molecule has 0 aromatic carbocycles. The molecule has 0 aromatic rings. The first kappa shape index (κ1) is 15.0. The van der Waals surface area contributed by atoms with E-state index in [1.807, 2.05) is 0 Å². The highest BCUT2D eigenvalue weighted by Gasteiger charge is 2.36. The molecule has 0 aliphatic rings. The van der Waals surface area contributed by atoms with Crippen LogP contribution in [0.2, 0.25) is 6.04 Å². The lowest BCUT2D eigenvalue weighted by molar-refractivity contribution is 0.0440.